The smallest absolute Gasteiger partial charge is 0.315 e. The fraction of sp³-hybridized carbons (Fsp3) is 0.471. The zero-order chi connectivity index (χ0) is 17.0. The van der Waals surface area contributed by atoms with Gasteiger partial charge in [-0.15, -0.1) is 10.2 Å². The van der Waals surface area contributed by atoms with E-state index in [4.69, 9.17) is 0 Å². The van der Waals surface area contributed by atoms with E-state index in [1.807, 2.05) is 23.6 Å². The number of urea groups is 1. The third kappa shape index (κ3) is 3.39. The highest BCUT2D eigenvalue weighted by molar-refractivity contribution is 5.73. The van der Waals surface area contributed by atoms with Gasteiger partial charge < -0.3 is 15.2 Å². The molecule has 0 unspecified atom stereocenters. The summed E-state index contributed by atoms with van der Waals surface area (Å²) in [5.74, 6) is 0.489. The molecule has 2 amide bonds. The average molecular weight is 331 g/mol. The van der Waals surface area contributed by atoms with Crippen LogP contribution in [0.1, 0.15) is 37.6 Å². The topological polar surface area (TPSA) is 71.8 Å². The summed E-state index contributed by atoms with van der Waals surface area (Å²) in [4.78, 5) is 12.1. The minimum absolute atomic E-state index is 0.0749. The summed E-state index contributed by atoms with van der Waals surface area (Å²) in [5, 5.41) is 13.6. The van der Waals surface area contributed by atoms with E-state index < -0.39 is 0 Å². The van der Waals surface area contributed by atoms with Gasteiger partial charge in [-0.1, -0.05) is 18.6 Å². The summed E-state index contributed by atoms with van der Waals surface area (Å²) in [5.41, 5.74) is 1.01. The zero-order valence-corrected chi connectivity index (χ0v) is 13.8. The molecule has 3 rings (SSSR count). The predicted octanol–water partition coefficient (Wildman–Crippen LogP) is 2.36. The van der Waals surface area contributed by atoms with Crippen LogP contribution in [0.3, 0.4) is 0 Å². The van der Waals surface area contributed by atoms with Crippen molar-refractivity contribution in [3.63, 3.8) is 0 Å². The number of nitrogens with zero attached hydrogens (tertiary/aromatic N) is 3. The normalized spacial score (nSPS) is 15.6. The summed E-state index contributed by atoms with van der Waals surface area (Å²) in [7, 11) is 0. The van der Waals surface area contributed by atoms with E-state index in [-0.39, 0.29) is 17.3 Å². The van der Waals surface area contributed by atoms with Crippen LogP contribution in [0.5, 0.6) is 0 Å². The lowest BCUT2D eigenvalue weighted by molar-refractivity contribution is 0.214. The van der Waals surface area contributed by atoms with Crippen LogP contribution < -0.4 is 10.6 Å². The second-order valence-electron chi connectivity index (χ2n) is 6.21. The molecular formula is C17H22FN5O. The molecule has 0 atom stereocenters. The van der Waals surface area contributed by atoms with Crippen LogP contribution >= 0.6 is 0 Å². The fourth-order valence-electron chi connectivity index (χ4n) is 3.13. The molecule has 1 heterocycles. The van der Waals surface area contributed by atoms with Gasteiger partial charge in [0, 0.05) is 18.5 Å². The summed E-state index contributed by atoms with van der Waals surface area (Å²) in [6, 6.07) is 6.37. The quantitative estimate of drug-likeness (QED) is 0.853. The van der Waals surface area contributed by atoms with Crippen LogP contribution in [-0.2, 0) is 18.5 Å². The van der Waals surface area contributed by atoms with Gasteiger partial charge in [0.1, 0.15) is 12.1 Å². The number of carbonyl (C=O) groups is 1. The molecule has 1 aliphatic carbocycles. The molecule has 1 fully saturated rings. The molecule has 0 aliphatic heterocycles. The number of hydrogen-bond donors (Lipinski definition) is 2. The van der Waals surface area contributed by atoms with Gasteiger partial charge in [-0.2, -0.15) is 0 Å². The second kappa shape index (κ2) is 6.98. The number of hydrogen-bond acceptors (Lipinski definition) is 3. The Labute approximate surface area is 140 Å². The number of aryl methyl sites for hydroxylation is 1. The summed E-state index contributed by atoms with van der Waals surface area (Å²) in [6.07, 6.45) is 4.78. The molecule has 2 aromatic rings. The lowest BCUT2D eigenvalue weighted by Crippen LogP contribution is -2.48. The fourth-order valence-corrected chi connectivity index (χ4v) is 3.13. The lowest BCUT2D eigenvalue weighted by atomic mass is 9.64. The zero-order valence-electron chi connectivity index (χ0n) is 13.8. The van der Waals surface area contributed by atoms with Gasteiger partial charge >= 0.3 is 6.03 Å². The molecule has 0 saturated heterocycles. The Balaban J connectivity index is 1.54. The number of benzene rings is 1. The van der Waals surface area contributed by atoms with Crippen molar-refractivity contribution < 1.29 is 9.18 Å². The molecule has 1 saturated carbocycles. The van der Waals surface area contributed by atoms with Gasteiger partial charge in [-0.25, -0.2) is 9.18 Å². The first-order chi connectivity index (χ1) is 11.6. The Morgan fingerprint density at radius 3 is 2.67 bits per heavy atom. The number of aromatic nitrogens is 3. The number of nitrogens with one attached hydrogen (secondary N) is 2. The van der Waals surface area contributed by atoms with Crippen LogP contribution in [0.2, 0.25) is 0 Å². The van der Waals surface area contributed by atoms with Crippen LogP contribution in [-0.4, -0.2) is 27.3 Å². The summed E-state index contributed by atoms with van der Waals surface area (Å²) < 4.78 is 15.0. The van der Waals surface area contributed by atoms with E-state index in [0.29, 0.717) is 13.1 Å². The standard InChI is InChI=1S/C17H22FN5O/c1-2-23-12-21-22-15(23)10-19-16(24)20-11-17(8-3-9-17)13-4-6-14(18)7-5-13/h4-7,12H,2-3,8-11H2,1H3,(H2,19,20,24). The SMILES string of the molecule is CCn1cnnc1CNC(=O)NCC1(c2ccc(F)cc2)CCC1. The summed E-state index contributed by atoms with van der Waals surface area (Å²) >= 11 is 0. The minimum Gasteiger partial charge on any atom is -0.337 e. The molecule has 2 N–H and O–H groups in total. The Morgan fingerprint density at radius 1 is 1.29 bits per heavy atom. The van der Waals surface area contributed by atoms with Crippen molar-refractivity contribution in [1.29, 1.82) is 0 Å². The van der Waals surface area contributed by atoms with Crippen LogP contribution in [0, 0.1) is 5.82 Å². The molecule has 0 bridgehead atoms. The van der Waals surface area contributed by atoms with Crippen LogP contribution in [0.25, 0.3) is 0 Å². The van der Waals surface area contributed by atoms with E-state index in [0.717, 1.165) is 37.2 Å². The molecule has 7 heteroatoms. The molecule has 0 spiro atoms. The number of halogens is 1. The summed E-state index contributed by atoms with van der Waals surface area (Å²) in [6.45, 7) is 3.64. The highest BCUT2D eigenvalue weighted by Gasteiger charge is 2.38. The van der Waals surface area contributed by atoms with Gasteiger partial charge in [0.15, 0.2) is 5.82 Å². The molecule has 1 aromatic heterocycles. The maximum absolute atomic E-state index is 13.1. The monoisotopic (exact) mass is 331 g/mol. The second-order valence-corrected chi connectivity index (χ2v) is 6.21. The maximum Gasteiger partial charge on any atom is 0.315 e. The van der Waals surface area contributed by atoms with Gasteiger partial charge in [0.05, 0.1) is 6.54 Å². The molecular weight excluding hydrogens is 309 g/mol. The van der Waals surface area contributed by atoms with E-state index in [1.54, 1.807) is 6.33 Å². The third-order valence-corrected chi connectivity index (χ3v) is 4.80. The first-order valence-corrected chi connectivity index (χ1v) is 8.27. The Morgan fingerprint density at radius 2 is 2.04 bits per heavy atom. The molecule has 6 nitrogen and oxygen atoms in total. The highest BCUT2D eigenvalue weighted by Crippen LogP contribution is 2.43. The van der Waals surface area contributed by atoms with Crippen LogP contribution in [0.15, 0.2) is 30.6 Å². The molecule has 1 aliphatic rings. The van der Waals surface area contributed by atoms with Crippen molar-refractivity contribution in [2.75, 3.05) is 6.54 Å². The van der Waals surface area contributed by atoms with Crippen molar-refractivity contribution in [2.45, 2.75) is 44.7 Å². The number of amides is 2. The molecule has 0 radical (unpaired) electrons. The van der Waals surface area contributed by atoms with E-state index in [2.05, 4.69) is 20.8 Å². The molecule has 128 valence electrons. The first kappa shape index (κ1) is 16.4. The average Bonchev–Trinajstić information content (AvgIpc) is 3.01. The number of rotatable bonds is 6. The maximum atomic E-state index is 13.1. The van der Waals surface area contributed by atoms with Crippen molar-refractivity contribution in [3.8, 4) is 0 Å². The molecule has 1 aromatic carbocycles. The first-order valence-electron chi connectivity index (χ1n) is 8.27. The Bertz CT molecular complexity index is 693. The van der Waals surface area contributed by atoms with Crippen molar-refractivity contribution in [1.82, 2.24) is 25.4 Å². The Hall–Kier alpha value is -2.44. The Kier molecular flexibility index (Phi) is 4.78. The van der Waals surface area contributed by atoms with E-state index in [1.165, 1.54) is 12.1 Å². The predicted molar refractivity (Wildman–Crippen MR) is 87.9 cm³/mol. The van der Waals surface area contributed by atoms with E-state index in [9.17, 15) is 9.18 Å². The molecule has 24 heavy (non-hydrogen) atoms. The van der Waals surface area contributed by atoms with Crippen LogP contribution in [0.4, 0.5) is 9.18 Å². The largest absolute Gasteiger partial charge is 0.337 e. The minimum atomic E-state index is -0.237. The lowest BCUT2D eigenvalue weighted by Gasteiger charge is -2.42. The van der Waals surface area contributed by atoms with Gasteiger partial charge in [-0.05, 0) is 37.5 Å². The van der Waals surface area contributed by atoms with Gasteiger partial charge in [0.2, 0.25) is 0 Å². The van der Waals surface area contributed by atoms with E-state index >= 15 is 0 Å². The highest BCUT2D eigenvalue weighted by atomic mass is 19.1. The number of carbonyl (C=O) groups excluding carboxylic acids is 1. The van der Waals surface area contributed by atoms with Crippen molar-refractivity contribution >= 4 is 6.03 Å². The van der Waals surface area contributed by atoms with Crippen molar-refractivity contribution in [3.05, 3.63) is 47.8 Å². The third-order valence-electron chi connectivity index (χ3n) is 4.80. The van der Waals surface area contributed by atoms with Gasteiger partial charge in [-0.3, -0.25) is 0 Å². The van der Waals surface area contributed by atoms with Crippen molar-refractivity contribution in [2.24, 2.45) is 0 Å². The van der Waals surface area contributed by atoms with Gasteiger partial charge in [0.25, 0.3) is 0 Å².